The van der Waals surface area contributed by atoms with E-state index < -0.39 is 5.60 Å². The lowest BCUT2D eigenvalue weighted by Gasteiger charge is -2.29. The summed E-state index contributed by atoms with van der Waals surface area (Å²) in [5, 5.41) is 9.79. The van der Waals surface area contributed by atoms with E-state index in [-0.39, 0.29) is 6.04 Å². The molecule has 0 aliphatic rings. The van der Waals surface area contributed by atoms with Gasteiger partial charge in [0.05, 0.1) is 11.6 Å². The van der Waals surface area contributed by atoms with Crippen molar-refractivity contribution < 1.29 is 5.11 Å². The Kier molecular flexibility index (Phi) is 2.90. The van der Waals surface area contributed by atoms with Crippen LogP contribution >= 0.6 is 0 Å². The number of aromatic nitrogens is 1. The molecule has 0 aliphatic heterocycles. The second-order valence-electron chi connectivity index (χ2n) is 4.46. The van der Waals surface area contributed by atoms with Crippen LogP contribution in [0.5, 0.6) is 0 Å². The first-order chi connectivity index (χ1) is 6.32. The number of hydrogen-bond donors (Lipinski definition) is 2. The zero-order chi connectivity index (χ0) is 10.9. The number of aliphatic hydroxyl groups is 1. The van der Waals surface area contributed by atoms with Gasteiger partial charge in [0.1, 0.15) is 0 Å². The average Bonchev–Trinajstić information content (AvgIpc) is 2.34. The molecule has 1 unspecified atom stereocenters. The van der Waals surface area contributed by atoms with Crippen LogP contribution in [0.2, 0.25) is 0 Å². The van der Waals surface area contributed by atoms with Gasteiger partial charge in [-0.2, -0.15) is 0 Å². The maximum absolute atomic E-state index is 9.79. The summed E-state index contributed by atoms with van der Waals surface area (Å²) in [5.41, 5.74) is 4.85. The monoisotopic (exact) mass is 196 g/mol. The van der Waals surface area contributed by atoms with Gasteiger partial charge in [0, 0.05) is 11.4 Å². The third-order valence-electron chi connectivity index (χ3n) is 2.65. The largest absolute Gasteiger partial charge is 0.388 e. The standard InChI is InChI=1S/C11H20N2O/c1-8-6-7-9(2)13(8)12-10(3)11(4,5)14/h6-7,10,12,14H,1-5H3. The summed E-state index contributed by atoms with van der Waals surface area (Å²) in [6.45, 7) is 9.66. The Morgan fingerprint density at radius 3 is 2.07 bits per heavy atom. The van der Waals surface area contributed by atoms with Crippen LogP contribution in [0.4, 0.5) is 0 Å². The highest BCUT2D eigenvalue weighted by Gasteiger charge is 2.22. The fourth-order valence-electron chi connectivity index (χ4n) is 1.22. The van der Waals surface area contributed by atoms with Crippen molar-refractivity contribution in [2.75, 3.05) is 5.43 Å². The van der Waals surface area contributed by atoms with Crippen molar-refractivity contribution in [3.05, 3.63) is 23.5 Å². The van der Waals surface area contributed by atoms with E-state index in [1.165, 1.54) is 0 Å². The van der Waals surface area contributed by atoms with Gasteiger partial charge >= 0.3 is 0 Å². The minimum atomic E-state index is -0.719. The summed E-state index contributed by atoms with van der Waals surface area (Å²) in [5.74, 6) is 0. The molecule has 1 rings (SSSR count). The molecular weight excluding hydrogens is 176 g/mol. The van der Waals surface area contributed by atoms with Gasteiger partial charge in [-0.3, -0.25) is 4.68 Å². The lowest BCUT2D eigenvalue weighted by Crippen LogP contribution is -2.43. The van der Waals surface area contributed by atoms with Crippen molar-refractivity contribution in [1.82, 2.24) is 4.68 Å². The predicted octanol–water partition coefficient (Wildman–Crippen LogP) is 1.81. The van der Waals surface area contributed by atoms with Crippen molar-refractivity contribution in [3.8, 4) is 0 Å². The normalized spacial score (nSPS) is 14.1. The molecule has 0 amide bonds. The molecule has 0 saturated heterocycles. The van der Waals surface area contributed by atoms with Crippen LogP contribution in [0.1, 0.15) is 32.2 Å². The first-order valence-electron chi connectivity index (χ1n) is 4.96. The van der Waals surface area contributed by atoms with Crippen molar-refractivity contribution in [3.63, 3.8) is 0 Å². The van der Waals surface area contributed by atoms with Crippen LogP contribution in [0.3, 0.4) is 0 Å². The number of rotatable bonds is 3. The fraction of sp³-hybridized carbons (Fsp3) is 0.636. The Balaban J connectivity index is 2.79. The van der Waals surface area contributed by atoms with E-state index in [0.29, 0.717) is 0 Å². The number of nitrogens with zero attached hydrogens (tertiary/aromatic N) is 1. The zero-order valence-electron chi connectivity index (χ0n) is 9.63. The van der Waals surface area contributed by atoms with Gasteiger partial charge in [0.15, 0.2) is 0 Å². The van der Waals surface area contributed by atoms with Gasteiger partial charge in [0.2, 0.25) is 0 Å². The molecule has 1 aromatic heterocycles. The van der Waals surface area contributed by atoms with Crippen molar-refractivity contribution in [2.24, 2.45) is 0 Å². The Labute approximate surface area is 85.7 Å². The van der Waals surface area contributed by atoms with Gasteiger partial charge in [-0.1, -0.05) is 0 Å². The molecule has 0 saturated carbocycles. The average molecular weight is 196 g/mol. The quantitative estimate of drug-likeness (QED) is 0.773. The van der Waals surface area contributed by atoms with Gasteiger partial charge in [-0.05, 0) is 46.8 Å². The minimum absolute atomic E-state index is 0.00676. The van der Waals surface area contributed by atoms with E-state index in [1.54, 1.807) is 13.8 Å². The number of hydrogen-bond acceptors (Lipinski definition) is 2. The molecule has 0 radical (unpaired) electrons. The summed E-state index contributed by atoms with van der Waals surface area (Å²) in [7, 11) is 0. The van der Waals surface area contributed by atoms with Crippen LogP contribution in [0.25, 0.3) is 0 Å². The topological polar surface area (TPSA) is 37.2 Å². The summed E-state index contributed by atoms with van der Waals surface area (Å²) < 4.78 is 2.00. The Morgan fingerprint density at radius 1 is 1.29 bits per heavy atom. The molecule has 2 N–H and O–H groups in total. The summed E-state index contributed by atoms with van der Waals surface area (Å²) in [6, 6.07) is 4.12. The van der Waals surface area contributed by atoms with Crippen molar-refractivity contribution in [2.45, 2.75) is 46.3 Å². The molecule has 0 aromatic carbocycles. The van der Waals surface area contributed by atoms with Crippen molar-refractivity contribution >= 4 is 0 Å². The number of nitrogens with one attached hydrogen (secondary N) is 1. The van der Waals surface area contributed by atoms with E-state index >= 15 is 0 Å². The van der Waals surface area contributed by atoms with Gasteiger partial charge in [-0.25, -0.2) is 0 Å². The van der Waals surface area contributed by atoms with Crippen LogP contribution in [-0.4, -0.2) is 21.4 Å². The predicted molar refractivity (Wildman–Crippen MR) is 59.0 cm³/mol. The highest BCUT2D eigenvalue weighted by Crippen LogP contribution is 2.11. The van der Waals surface area contributed by atoms with Gasteiger partial charge in [0.25, 0.3) is 0 Å². The molecular formula is C11H20N2O. The van der Waals surface area contributed by atoms with Gasteiger partial charge in [-0.15, -0.1) is 0 Å². The van der Waals surface area contributed by atoms with Crippen LogP contribution in [0, 0.1) is 13.8 Å². The van der Waals surface area contributed by atoms with E-state index in [1.807, 2.05) is 25.4 Å². The molecule has 3 heteroatoms. The smallest absolute Gasteiger partial charge is 0.0804 e. The molecule has 14 heavy (non-hydrogen) atoms. The lowest BCUT2D eigenvalue weighted by molar-refractivity contribution is 0.0607. The second kappa shape index (κ2) is 3.65. The van der Waals surface area contributed by atoms with Crippen LogP contribution in [-0.2, 0) is 0 Å². The van der Waals surface area contributed by atoms with Gasteiger partial charge < -0.3 is 10.5 Å². The van der Waals surface area contributed by atoms with Crippen LogP contribution < -0.4 is 5.43 Å². The molecule has 0 aliphatic carbocycles. The molecule has 1 heterocycles. The first-order valence-corrected chi connectivity index (χ1v) is 4.96. The highest BCUT2D eigenvalue weighted by molar-refractivity contribution is 5.16. The number of aryl methyl sites for hydroxylation is 2. The summed E-state index contributed by atoms with van der Waals surface area (Å²) >= 11 is 0. The Hall–Kier alpha value is -0.960. The summed E-state index contributed by atoms with van der Waals surface area (Å²) in [6.07, 6.45) is 0. The van der Waals surface area contributed by atoms with Crippen LogP contribution in [0.15, 0.2) is 12.1 Å². The van der Waals surface area contributed by atoms with E-state index in [9.17, 15) is 5.11 Å². The first kappa shape index (κ1) is 11.1. The van der Waals surface area contributed by atoms with E-state index in [2.05, 4.69) is 17.6 Å². The fourth-order valence-corrected chi connectivity index (χ4v) is 1.22. The maximum atomic E-state index is 9.79. The van der Waals surface area contributed by atoms with E-state index in [4.69, 9.17) is 0 Å². The second-order valence-corrected chi connectivity index (χ2v) is 4.46. The minimum Gasteiger partial charge on any atom is -0.388 e. The SMILES string of the molecule is Cc1ccc(C)n1NC(C)C(C)(C)O. The third-order valence-corrected chi connectivity index (χ3v) is 2.65. The van der Waals surface area contributed by atoms with Crippen molar-refractivity contribution in [1.29, 1.82) is 0 Å². The molecule has 0 fully saturated rings. The molecule has 1 atom stereocenters. The summed E-state index contributed by atoms with van der Waals surface area (Å²) in [4.78, 5) is 0. The maximum Gasteiger partial charge on any atom is 0.0804 e. The highest BCUT2D eigenvalue weighted by atomic mass is 16.3. The molecule has 3 nitrogen and oxygen atoms in total. The molecule has 80 valence electrons. The third kappa shape index (κ3) is 2.29. The Bertz CT molecular complexity index is 290. The molecule has 0 spiro atoms. The molecule has 1 aromatic rings. The van der Waals surface area contributed by atoms with E-state index in [0.717, 1.165) is 11.4 Å². The zero-order valence-corrected chi connectivity index (χ0v) is 9.63. The Morgan fingerprint density at radius 2 is 1.71 bits per heavy atom. The lowest BCUT2D eigenvalue weighted by atomic mass is 10.0. The molecule has 0 bridgehead atoms.